The van der Waals surface area contributed by atoms with Crippen molar-refractivity contribution >= 4 is 17.4 Å². The Morgan fingerprint density at radius 2 is 2.05 bits per heavy atom. The van der Waals surface area contributed by atoms with Crippen LogP contribution in [0.25, 0.3) is 5.78 Å². The highest BCUT2D eigenvalue weighted by Crippen LogP contribution is 2.30. The number of fused-ring (bicyclic) bond motifs is 1. The largest absolute Gasteiger partial charge is 0.497 e. The monoisotopic (exact) mass is 290 g/mol. The van der Waals surface area contributed by atoms with E-state index in [0.717, 1.165) is 0 Å². The van der Waals surface area contributed by atoms with Gasteiger partial charge in [0.15, 0.2) is 0 Å². The molecule has 0 aliphatic carbocycles. The number of aromatic nitrogens is 4. The van der Waals surface area contributed by atoms with Crippen molar-refractivity contribution in [3.63, 3.8) is 0 Å². The maximum absolute atomic E-state index is 6.08. The van der Waals surface area contributed by atoms with Gasteiger partial charge in [0.2, 0.25) is 5.88 Å². The molecule has 0 saturated heterocycles. The average molecular weight is 291 g/mol. The predicted octanol–water partition coefficient (Wildman–Crippen LogP) is 2.89. The molecule has 0 radical (unpaired) electrons. The third-order valence-electron chi connectivity index (χ3n) is 2.81. The molecule has 3 aromatic rings. The summed E-state index contributed by atoms with van der Waals surface area (Å²) < 4.78 is 12.5. The second-order valence-electron chi connectivity index (χ2n) is 4.09. The van der Waals surface area contributed by atoms with Crippen LogP contribution in [0.5, 0.6) is 17.4 Å². The van der Waals surface area contributed by atoms with Crippen molar-refractivity contribution < 1.29 is 9.47 Å². The zero-order chi connectivity index (χ0) is 14.1. The molecule has 20 heavy (non-hydrogen) atoms. The summed E-state index contributed by atoms with van der Waals surface area (Å²) in [5.74, 6) is 2.19. The van der Waals surface area contributed by atoms with E-state index in [-0.39, 0.29) is 0 Å². The van der Waals surface area contributed by atoms with Gasteiger partial charge < -0.3 is 9.47 Å². The Hall–Kier alpha value is -2.34. The molecule has 2 heterocycles. The molecule has 102 valence electrons. The van der Waals surface area contributed by atoms with Crippen LogP contribution in [0.2, 0.25) is 5.15 Å². The molecule has 7 heteroatoms. The highest BCUT2D eigenvalue weighted by molar-refractivity contribution is 6.30. The first-order chi connectivity index (χ1) is 9.69. The van der Waals surface area contributed by atoms with Crippen LogP contribution in [0.3, 0.4) is 0 Å². The van der Waals surface area contributed by atoms with E-state index in [9.17, 15) is 0 Å². The Morgan fingerprint density at radius 3 is 2.85 bits per heavy atom. The third-order valence-corrected chi connectivity index (χ3v) is 3.17. The van der Waals surface area contributed by atoms with E-state index in [1.807, 2.05) is 25.1 Å². The predicted molar refractivity (Wildman–Crippen MR) is 73.6 cm³/mol. The van der Waals surface area contributed by atoms with E-state index < -0.39 is 0 Å². The van der Waals surface area contributed by atoms with Gasteiger partial charge in [-0.05, 0) is 19.1 Å². The summed E-state index contributed by atoms with van der Waals surface area (Å²) >= 11 is 6.08. The van der Waals surface area contributed by atoms with E-state index in [2.05, 4.69) is 15.1 Å². The van der Waals surface area contributed by atoms with Gasteiger partial charge in [0.25, 0.3) is 5.78 Å². The second-order valence-corrected chi connectivity index (χ2v) is 4.44. The summed E-state index contributed by atoms with van der Waals surface area (Å²) in [6.45, 7) is 1.81. The molecule has 2 aromatic heterocycles. The van der Waals surface area contributed by atoms with Crippen LogP contribution in [-0.2, 0) is 0 Å². The van der Waals surface area contributed by atoms with Crippen LogP contribution in [0.15, 0.2) is 30.6 Å². The van der Waals surface area contributed by atoms with Gasteiger partial charge in [0, 0.05) is 11.6 Å². The van der Waals surface area contributed by atoms with Crippen LogP contribution >= 0.6 is 11.6 Å². The van der Waals surface area contributed by atoms with Gasteiger partial charge in [-0.3, -0.25) is 0 Å². The topological polar surface area (TPSA) is 61.5 Å². The SMILES string of the molecule is COc1cccc(Oc2c(C)c(Cl)nc3ncnn23)c1. The highest BCUT2D eigenvalue weighted by atomic mass is 35.5. The number of hydrogen-bond acceptors (Lipinski definition) is 5. The highest BCUT2D eigenvalue weighted by Gasteiger charge is 2.14. The van der Waals surface area contributed by atoms with Crippen molar-refractivity contribution in [1.82, 2.24) is 19.6 Å². The third kappa shape index (κ3) is 2.14. The summed E-state index contributed by atoms with van der Waals surface area (Å²) in [6, 6.07) is 7.27. The minimum atomic E-state index is 0.336. The van der Waals surface area contributed by atoms with Gasteiger partial charge in [0.05, 0.1) is 7.11 Å². The summed E-state index contributed by atoms with van der Waals surface area (Å²) in [4.78, 5) is 8.13. The number of nitrogens with zero attached hydrogens (tertiary/aromatic N) is 4. The lowest BCUT2D eigenvalue weighted by molar-refractivity contribution is 0.404. The molecular weight excluding hydrogens is 280 g/mol. The van der Waals surface area contributed by atoms with Crippen LogP contribution in [0.1, 0.15) is 5.56 Å². The van der Waals surface area contributed by atoms with Crippen molar-refractivity contribution in [2.24, 2.45) is 0 Å². The van der Waals surface area contributed by atoms with Gasteiger partial charge in [0.1, 0.15) is 23.0 Å². The van der Waals surface area contributed by atoms with Crippen LogP contribution < -0.4 is 9.47 Å². The molecule has 6 nitrogen and oxygen atoms in total. The summed E-state index contributed by atoms with van der Waals surface area (Å²) in [5.41, 5.74) is 0.687. The van der Waals surface area contributed by atoms with Crippen molar-refractivity contribution in [1.29, 1.82) is 0 Å². The Bertz CT molecular complexity index is 772. The molecule has 0 fully saturated rings. The molecule has 0 amide bonds. The van der Waals surface area contributed by atoms with E-state index >= 15 is 0 Å². The lowest BCUT2D eigenvalue weighted by Crippen LogP contribution is -2.01. The van der Waals surface area contributed by atoms with Crippen molar-refractivity contribution in [3.05, 3.63) is 41.3 Å². The molecular formula is C13H11ClN4O2. The fourth-order valence-corrected chi connectivity index (χ4v) is 1.93. The van der Waals surface area contributed by atoms with Gasteiger partial charge >= 0.3 is 0 Å². The average Bonchev–Trinajstić information content (AvgIpc) is 2.92. The quantitative estimate of drug-likeness (QED) is 0.694. The number of ether oxygens (including phenoxy) is 2. The zero-order valence-electron chi connectivity index (χ0n) is 10.9. The number of benzene rings is 1. The second kappa shape index (κ2) is 4.97. The molecule has 0 saturated carbocycles. The maximum atomic E-state index is 6.08. The molecule has 0 aliphatic heterocycles. The molecule has 0 N–H and O–H groups in total. The zero-order valence-corrected chi connectivity index (χ0v) is 11.6. The Morgan fingerprint density at radius 1 is 1.25 bits per heavy atom. The lowest BCUT2D eigenvalue weighted by Gasteiger charge is -2.11. The Balaban J connectivity index is 2.09. The van der Waals surface area contributed by atoms with E-state index in [1.54, 1.807) is 13.2 Å². The van der Waals surface area contributed by atoms with Crippen LogP contribution in [-0.4, -0.2) is 26.7 Å². The van der Waals surface area contributed by atoms with Crippen molar-refractivity contribution in [2.75, 3.05) is 7.11 Å². The fourth-order valence-electron chi connectivity index (χ4n) is 1.77. The number of halogens is 1. The lowest BCUT2D eigenvalue weighted by atomic mass is 10.3. The normalized spacial score (nSPS) is 10.8. The number of rotatable bonds is 3. The van der Waals surface area contributed by atoms with E-state index in [4.69, 9.17) is 21.1 Å². The summed E-state index contributed by atoms with van der Waals surface area (Å²) in [6.07, 6.45) is 1.40. The van der Waals surface area contributed by atoms with Gasteiger partial charge in [-0.15, -0.1) is 0 Å². The van der Waals surface area contributed by atoms with E-state index in [1.165, 1.54) is 10.8 Å². The minimum absolute atomic E-state index is 0.336. The minimum Gasteiger partial charge on any atom is -0.497 e. The summed E-state index contributed by atoms with van der Waals surface area (Å²) in [5, 5.41) is 4.42. The van der Waals surface area contributed by atoms with Gasteiger partial charge in [-0.2, -0.15) is 19.6 Å². The standard InChI is InChI=1S/C13H11ClN4O2/c1-8-11(14)17-13-15-7-16-18(13)12(8)20-10-5-3-4-9(6-10)19-2/h3-7H,1-2H3. The van der Waals surface area contributed by atoms with Crippen molar-refractivity contribution in [3.8, 4) is 17.4 Å². The first kappa shape index (κ1) is 12.7. The Kier molecular flexibility index (Phi) is 3.15. The molecule has 3 rings (SSSR count). The van der Waals surface area contributed by atoms with E-state index in [0.29, 0.717) is 33.9 Å². The molecule has 1 aromatic carbocycles. The fraction of sp³-hybridized carbons (Fsp3) is 0.154. The van der Waals surface area contributed by atoms with Gasteiger partial charge in [-0.1, -0.05) is 17.7 Å². The molecule has 0 atom stereocenters. The Labute approximate surface area is 119 Å². The molecule has 0 unspecified atom stereocenters. The molecule has 0 spiro atoms. The van der Waals surface area contributed by atoms with Crippen LogP contribution in [0, 0.1) is 6.92 Å². The van der Waals surface area contributed by atoms with Gasteiger partial charge in [-0.25, -0.2) is 0 Å². The van der Waals surface area contributed by atoms with Crippen LogP contribution in [0.4, 0.5) is 0 Å². The first-order valence-corrected chi connectivity index (χ1v) is 6.24. The maximum Gasteiger partial charge on any atom is 0.256 e. The first-order valence-electron chi connectivity index (χ1n) is 5.87. The smallest absolute Gasteiger partial charge is 0.256 e. The number of hydrogen-bond donors (Lipinski definition) is 0. The summed E-state index contributed by atoms with van der Waals surface area (Å²) in [7, 11) is 1.60. The molecule has 0 aliphatic rings. The molecule has 0 bridgehead atoms. The number of methoxy groups -OCH3 is 1. The van der Waals surface area contributed by atoms with Crippen molar-refractivity contribution in [2.45, 2.75) is 6.92 Å².